The Balaban J connectivity index is 1.67. The largest absolute Gasteiger partial charge is 0.448 e. The van der Waals surface area contributed by atoms with E-state index < -0.39 is 33.9 Å². The van der Waals surface area contributed by atoms with E-state index in [-0.39, 0.29) is 42.4 Å². The highest BCUT2D eigenvalue weighted by Crippen LogP contribution is 2.22. The van der Waals surface area contributed by atoms with Crippen molar-refractivity contribution in [3.05, 3.63) is 30.3 Å². The molecule has 0 unspecified atom stereocenters. The van der Waals surface area contributed by atoms with Crippen LogP contribution in [0.4, 0.5) is 5.69 Å². The Morgan fingerprint density at radius 1 is 1.24 bits per heavy atom. The summed E-state index contributed by atoms with van der Waals surface area (Å²) in [6.45, 7) is 1.47. The van der Waals surface area contributed by atoms with Crippen molar-refractivity contribution in [1.29, 1.82) is 0 Å². The first-order valence-corrected chi connectivity index (χ1v) is 11.1. The molecule has 1 aromatic carbocycles. The number of para-hydroxylation sites is 1. The molecule has 0 aromatic heterocycles. The summed E-state index contributed by atoms with van der Waals surface area (Å²) in [6.07, 6.45) is -0.635. The van der Waals surface area contributed by atoms with Crippen molar-refractivity contribution in [3.63, 3.8) is 0 Å². The van der Waals surface area contributed by atoms with Crippen LogP contribution in [0.25, 0.3) is 0 Å². The van der Waals surface area contributed by atoms with Gasteiger partial charge in [0.25, 0.3) is 5.91 Å². The fourth-order valence-corrected chi connectivity index (χ4v) is 4.99. The Morgan fingerprint density at radius 3 is 2.55 bits per heavy atom. The van der Waals surface area contributed by atoms with Gasteiger partial charge in [0, 0.05) is 25.6 Å². The van der Waals surface area contributed by atoms with Gasteiger partial charge in [-0.15, -0.1) is 0 Å². The van der Waals surface area contributed by atoms with Gasteiger partial charge in [0.2, 0.25) is 5.91 Å². The van der Waals surface area contributed by atoms with Gasteiger partial charge in [-0.25, -0.2) is 18.2 Å². The van der Waals surface area contributed by atoms with Crippen LogP contribution in [-0.2, 0) is 29.0 Å². The summed E-state index contributed by atoms with van der Waals surface area (Å²) in [6, 6.07) is 8.37. The van der Waals surface area contributed by atoms with E-state index >= 15 is 0 Å². The highest BCUT2D eigenvalue weighted by molar-refractivity contribution is 7.91. The molecule has 2 aliphatic rings. The molecular weight excluding hydrogens is 398 g/mol. The number of amides is 2. The van der Waals surface area contributed by atoms with Crippen LogP contribution in [0.15, 0.2) is 35.4 Å². The monoisotopic (exact) mass is 421 g/mol. The smallest absolute Gasteiger partial charge is 0.355 e. The molecule has 2 heterocycles. The van der Waals surface area contributed by atoms with E-state index in [0.29, 0.717) is 5.69 Å². The van der Waals surface area contributed by atoms with E-state index in [1.165, 1.54) is 11.8 Å². The van der Waals surface area contributed by atoms with Crippen molar-refractivity contribution in [2.45, 2.75) is 38.3 Å². The number of hydrazone groups is 1. The normalized spacial score (nSPS) is 22.0. The maximum absolute atomic E-state index is 12.5. The van der Waals surface area contributed by atoms with Gasteiger partial charge in [0.1, 0.15) is 5.71 Å². The average Bonchev–Trinajstić information content (AvgIpc) is 3.07. The van der Waals surface area contributed by atoms with E-state index in [9.17, 15) is 22.8 Å². The first-order valence-electron chi connectivity index (χ1n) is 9.31. The van der Waals surface area contributed by atoms with Gasteiger partial charge in [-0.1, -0.05) is 18.2 Å². The second-order valence-corrected chi connectivity index (χ2v) is 9.35. The number of carbonyl (C=O) groups excluding carboxylic acids is 3. The summed E-state index contributed by atoms with van der Waals surface area (Å²) in [5.41, 5.74) is 0.672. The number of likely N-dealkylation sites (N-methyl/N-ethyl adjacent to an activating group) is 1. The van der Waals surface area contributed by atoms with Crippen LogP contribution < -0.4 is 4.90 Å². The molecule has 9 nitrogen and oxygen atoms in total. The van der Waals surface area contributed by atoms with Gasteiger partial charge < -0.3 is 9.64 Å². The van der Waals surface area contributed by atoms with Crippen molar-refractivity contribution >= 4 is 39.0 Å². The number of anilines is 1. The Labute approximate surface area is 169 Å². The fourth-order valence-electron chi connectivity index (χ4n) is 3.30. The van der Waals surface area contributed by atoms with Crippen LogP contribution in [0.2, 0.25) is 0 Å². The first-order chi connectivity index (χ1) is 13.7. The third-order valence-corrected chi connectivity index (χ3v) is 6.71. The van der Waals surface area contributed by atoms with Crippen LogP contribution in [0.5, 0.6) is 0 Å². The minimum atomic E-state index is -3.20. The van der Waals surface area contributed by atoms with Crippen molar-refractivity contribution in [2.24, 2.45) is 5.10 Å². The Kier molecular flexibility index (Phi) is 6.02. The Hall–Kier alpha value is -2.75. The summed E-state index contributed by atoms with van der Waals surface area (Å²) in [5, 5.41) is 5.15. The summed E-state index contributed by atoms with van der Waals surface area (Å²) < 4.78 is 28.6. The second kappa shape index (κ2) is 8.32. The van der Waals surface area contributed by atoms with Gasteiger partial charge in [-0.3, -0.25) is 9.59 Å². The summed E-state index contributed by atoms with van der Waals surface area (Å²) >= 11 is 0. The quantitative estimate of drug-likeness (QED) is 0.648. The second-order valence-electron chi connectivity index (χ2n) is 7.12. The predicted molar refractivity (Wildman–Crippen MR) is 106 cm³/mol. The molecule has 0 spiro atoms. The van der Waals surface area contributed by atoms with Crippen LogP contribution >= 0.6 is 0 Å². The molecule has 1 saturated heterocycles. The van der Waals surface area contributed by atoms with Crippen molar-refractivity contribution in [2.75, 3.05) is 23.5 Å². The standard InChI is InChI=1S/C19H23N3O6S/c1-13(18(24)21(2)14-6-4-3-5-7-14)28-19(25)16-8-9-17(23)22(20-16)15-10-11-29(26,27)12-15/h3-7,13,15H,8-12H2,1-2H3/t13-,15-/m0/s1. The van der Waals surface area contributed by atoms with Crippen LogP contribution in [0, 0.1) is 0 Å². The van der Waals surface area contributed by atoms with Crippen molar-refractivity contribution < 1.29 is 27.5 Å². The van der Waals surface area contributed by atoms with E-state index in [2.05, 4.69) is 5.10 Å². The Bertz CT molecular complexity index is 944. The number of nitrogens with zero attached hydrogens (tertiary/aromatic N) is 3. The number of esters is 1. The van der Waals surface area contributed by atoms with Crippen LogP contribution in [0.1, 0.15) is 26.2 Å². The van der Waals surface area contributed by atoms with Gasteiger partial charge in [-0.2, -0.15) is 5.10 Å². The van der Waals surface area contributed by atoms with Crippen LogP contribution in [-0.4, -0.2) is 67.6 Å². The minimum Gasteiger partial charge on any atom is -0.448 e. The first kappa shape index (κ1) is 21.0. The van der Waals surface area contributed by atoms with Gasteiger partial charge in [0.15, 0.2) is 15.9 Å². The zero-order valence-electron chi connectivity index (χ0n) is 16.3. The van der Waals surface area contributed by atoms with E-state index in [0.717, 1.165) is 5.01 Å². The maximum Gasteiger partial charge on any atom is 0.355 e. The summed E-state index contributed by atoms with van der Waals surface area (Å²) in [4.78, 5) is 38.6. The number of ether oxygens (including phenoxy) is 1. The maximum atomic E-state index is 12.5. The topological polar surface area (TPSA) is 113 Å². The van der Waals surface area contributed by atoms with E-state index in [1.807, 2.05) is 6.07 Å². The predicted octanol–water partition coefficient (Wildman–Crippen LogP) is 0.747. The van der Waals surface area contributed by atoms with E-state index in [1.54, 1.807) is 31.3 Å². The molecule has 3 rings (SSSR count). The minimum absolute atomic E-state index is 0.00585. The third kappa shape index (κ3) is 4.81. The number of benzene rings is 1. The molecule has 0 aliphatic carbocycles. The zero-order valence-corrected chi connectivity index (χ0v) is 17.1. The number of carbonyl (C=O) groups is 3. The molecule has 0 saturated carbocycles. The summed E-state index contributed by atoms with van der Waals surface area (Å²) in [7, 11) is -1.62. The molecular formula is C19H23N3O6S. The molecule has 1 aromatic rings. The molecule has 0 radical (unpaired) electrons. The van der Waals surface area contributed by atoms with Gasteiger partial charge in [0.05, 0.1) is 17.5 Å². The number of hydrogen-bond acceptors (Lipinski definition) is 7. The summed E-state index contributed by atoms with van der Waals surface area (Å²) in [5.74, 6) is -1.69. The number of rotatable bonds is 5. The molecule has 156 valence electrons. The number of hydrogen-bond donors (Lipinski definition) is 0. The molecule has 2 atom stereocenters. The third-order valence-electron chi connectivity index (χ3n) is 4.96. The highest BCUT2D eigenvalue weighted by atomic mass is 32.2. The molecule has 29 heavy (non-hydrogen) atoms. The fraction of sp³-hybridized carbons (Fsp3) is 0.474. The molecule has 10 heteroatoms. The SMILES string of the molecule is C[C@H](OC(=O)C1=NN([C@H]2CCS(=O)(=O)C2)C(=O)CC1)C(=O)N(C)c1ccccc1. The molecule has 1 fully saturated rings. The van der Waals surface area contributed by atoms with Crippen LogP contribution in [0.3, 0.4) is 0 Å². The van der Waals surface area contributed by atoms with Gasteiger partial charge >= 0.3 is 5.97 Å². The van der Waals surface area contributed by atoms with E-state index in [4.69, 9.17) is 4.74 Å². The molecule has 2 aliphatic heterocycles. The lowest BCUT2D eigenvalue weighted by Gasteiger charge is -2.28. The average molecular weight is 421 g/mol. The molecule has 2 amide bonds. The lowest BCUT2D eigenvalue weighted by atomic mass is 10.1. The lowest BCUT2D eigenvalue weighted by molar-refractivity contribution is -0.147. The zero-order chi connectivity index (χ0) is 21.2. The molecule has 0 N–H and O–H groups in total. The molecule has 0 bridgehead atoms. The van der Waals surface area contributed by atoms with Crippen molar-refractivity contribution in [3.8, 4) is 0 Å². The highest BCUT2D eigenvalue weighted by Gasteiger charge is 2.38. The lowest BCUT2D eigenvalue weighted by Crippen LogP contribution is -2.43. The number of sulfone groups is 1. The van der Waals surface area contributed by atoms with Crippen molar-refractivity contribution in [1.82, 2.24) is 5.01 Å². The van der Waals surface area contributed by atoms with Gasteiger partial charge in [-0.05, 0) is 25.5 Å². The Morgan fingerprint density at radius 2 is 1.93 bits per heavy atom.